The van der Waals surface area contributed by atoms with E-state index in [4.69, 9.17) is 5.11 Å². The minimum absolute atomic E-state index is 0.0627. The van der Waals surface area contributed by atoms with Gasteiger partial charge < -0.3 is 15.3 Å². The second-order valence-electron chi connectivity index (χ2n) is 5.59. The van der Waals surface area contributed by atoms with Gasteiger partial charge in [-0.25, -0.2) is 4.98 Å². The summed E-state index contributed by atoms with van der Waals surface area (Å²) in [5.74, 6) is 0.899. The number of aromatic nitrogens is 1. The number of aliphatic hydroxyl groups is 1. The van der Waals surface area contributed by atoms with Crippen LogP contribution in [0.15, 0.2) is 18.3 Å². The van der Waals surface area contributed by atoms with E-state index in [9.17, 15) is 4.79 Å². The summed E-state index contributed by atoms with van der Waals surface area (Å²) in [7, 11) is 0. The second-order valence-corrected chi connectivity index (χ2v) is 5.59. The van der Waals surface area contributed by atoms with Crippen LogP contribution in [0.5, 0.6) is 0 Å². The maximum Gasteiger partial charge on any atom is 0.238 e. The van der Waals surface area contributed by atoms with Gasteiger partial charge in [-0.05, 0) is 37.9 Å². The highest BCUT2D eigenvalue weighted by Gasteiger charge is 2.12. The number of rotatable bonds is 7. The van der Waals surface area contributed by atoms with Gasteiger partial charge in [0, 0.05) is 19.6 Å². The first-order valence-electron chi connectivity index (χ1n) is 8.07. The molecular formula is C16H26N4O2. The normalized spacial score (nSPS) is 15.1. The SMILES string of the molecule is CCN(CCO)CC(=O)Nc1ccc(N2CCCCC2)nc1. The fourth-order valence-corrected chi connectivity index (χ4v) is 2.66. The van der Waals surface area contributed by atoms with Crippen LogP contribution in [0.4, 0.5) is 11.5 Å². The van der Waals surface area contributed by atoms with Crippen LogP contribution < -0.4 is 10.2 Å². The van der Waals surface area contributed by atoms with Crippen molar-refractivity contribution in [1.82, 2.24) is 9.88 Å². The Bertz CT molecular complexity index is 458. The van der Waals surface area contributed by atoms with E-state index in [0.717, 1.165) is 25.5 Å². The van der Waals surface area contributed by atoms with Gasteiger partial charge in [0.2, 0.25) is 5.91 Å². The molecule has 1 amide bonds. The van der Waals surface area contributed by atoms with Gasteiger partial charge in [-0.3, -0.25) is 9.69 Å². The van der Waals surface area contributed by atoms with Crippen LogP contribution in [0.3, 0.4) is 0 Å². The Hall–Kier alpha value is -1.66. The first-order valence-corrected chi connectivity index (χ1v) is 8.07. The van der Waals surface area contributed by atoms with Gasteiger partial charge in [-0.1, -0.05) is 6.92 Å². The van der Waals surface area contributed by atoms with Crippen molar-refractivity contribution in [2.75, 3.05) is 49.5 Å². The molecule has 1 saturated heterocycles. The lowest BCUT2D eigenvalue weighted by Crippen LogP contribution is -2.35. The molecule has 1 aromatic heterocycles. The van der Waals surface area contributed by atoms with Crippen molar-refractivity contribution in [1.29, 1.82) is 0 Å². The van der Waals surface area contributed by atoms with Crippen molar-refractivity contribution >= 4 is 17.4 Å². The fraction of sp³-hybridized carbons (Fsp3) is 0.625. The molecule has 2 N–H and O–H groups in total. The van der Waals surface area contributed by atoms with Gasteiger partial charge in [0.05, 0.1) is 25.0 Å². The fourth-order valence-electron chi connectivity index (χ4n) is 2.66. The molecule has 0 saturated carbocycles. The number of piperidine rings is 1. The number of hydrogen-bond donors (Lipinski definition) is 2. The van der Waals surface area contributed by atoms with Gasteiger partial charge in [-0.2, -0.15) is 0 Å². The number of likely N-dealkylation sites (N-methyl/N-ethyl adjacent to an activating group) is 1. The lowest BCUT2D eigenvalue weighted by molar-refractivity contribution is -0.117. The molecule has 22 heavy (non-hydrogen) atoms. The zero-order valence-corrected chi connectivity index (χ0v) is 13.3. The van der Waals surface area contributed by atoms with Crippen LogP contribution in [0, 0.1) is 0 Å². The van der Waals surface area contributed by atoms with E-state index in [-0.39, 0.29) is 19.1 Å². The number of amides is 1. The summed E-state index contributed by atoms with van der Waals surface area (Å²) in [6, 6.07) is 3.86. The summed E-state index contributed by atoms with van der Waals surface area (Å²) in [6.07, 6.45) is 5.45. The van der Waals surface area contributed by atoms with Gasteiger partial charge in [0.15, 0.2) is 0 Å². The van der Waals surface area contributed by atoms with Crippen LogP contribution in [0.25, 0.3) is 0 Å². The Balaban J connectivity index is 1.86. The highest BCUT2D eigenvalue weighted by atomic mass is 16.3. The molecule has 6 nitrogen and oxygen atoms in total. The standard InChI is InChI=1S/C16H26N4O2/c1-2-19(10-11-21)13-16(22)18-14-6-7-15(17-12-14)20-8-4-3-5-9-20/h6-7,12,21H,2-5,8-11,13H2,1H3,(H,18,22). The third-order valence-electron chi connectivity index (χ3n) is 3.94. The number of aliphatic hydroxyl groups excluding tert-OH is 1. The Morgan fingerprint density at radius 3 is 2.73 bits per heavy atom. The van der Waals surface area contributed by atoms with Gasteiger partial charge >= 0.3 is 0 Å². The lowest BCUT2D eigenvalue weighted by Gasteiger charge is -2.27. The molecule has 122 valence electrons. The van der Waals surface area contributed by atoms with Crippen LogP contribution >= 0.6 is 0 Å². The number of nitrogens with zero attached hydrogens (tertiary/aromatic N) is 3. The van der Waals surface area contributed by atoms with Crippen molar-refractivity contribution in [2.45, 2.75) is 26.2 Å². The average molecular weight is 306 g/mol. The van der Waals surface area contributed by atoms with Gasteiger partial charge in [0.1, 0.15) is 5.82 Å². The van der Waals surface area contributed by atoms with E-state index in [1.54, 1.807) is 6.20 Å². The van der Waals surface area contributed by atoms with Crippen LogP contribution in [-0.4, -0.2) is 60.2 Å². The smallest absolute Gasteiger partial charge is 0.238 e. The molecule has 2 rings (SSSR count). The third-order valence-corrected chi connectivity index (χ3v) is 3.94. The average Bonchev–Trinajstić information content (AvgIpc) is 2.56. The summed E-state index contributed by atoms with van der Waals surface area (Å²) in [5, 5.41) is 11.8. The molecule has 0 aliphatic carbocycles. The van der Waals surface area contributed by atoms with Crippen molar-refractivity contribution in [3.05, 3.63) is 18.3 Å². The van der Waals surface area contributed by atoms with Crippen molar-refractivity contribution < 1.29 is 9.90 Å². The summed E-state index contributed by atoms with van der Waals surface area (Å²) in [4.78, 5) is 20.6. The molecule has 6 heteroatoms. The summed E-state index contributed by atoms with van der Waals surface area (Å²) in [5.41, 5.74) is 0.714. The summed E-state index contributed by atoms with van der Waals surface area (Å²) in [6.45, 7) is 5.68. The second kappa shape index (κ2) is 8.70. The molecule has 0 radical (unpaired) electrons. The van der Waals surface area contributed by atoms with Crippen molar-refractivity contribution in [2.24, 2.45) is 0 Å². The molecule has 0 unspecified atom stereocenters. The number of anilines is 2. The predicted octanol–water partition coefficient (Wildman–Crippen LogP) is 1.32. The maximum absolute atomic E-state index is 12.0. The summed E-state index contributed by atoms with van der Waals surface area (Å²) < 4.78 is 0. The molecule has 0 bridgehead atoms. The number of nitrogens with one attached hydrogen (secondary N) is 1. The van der Waals surface area contributed by atoms with E-state index in [2.05, 4.69) is 15.2 Å². The Morgan fingerprint density at radius 2 is 2.14 bits per heavy atom. The molecule has 1 fully saturated rings. The van der Waals surface area contributed by atoms with Crippen molar-refractivity contribution in [3.8, 4) is 0 Å². The summed E-state index contributed by atoms with van der Waals surface area (Å²) >= 11 is 0. The Labute approximate surface area is 132 Å². The molecule has 0 spiro atoms. The minimum atomic E-state index is -0.0807. The molecule has 2 heterocycles. The Morgan fingerprint density at radius 1 is 1.36 bits per heavy atom. The van der Waals surface area contributed by atoms with E-state index >= 15 is 0 Å². The molecular weight excluding hydrogens is 280 g/mol. The van der Waals surface area contributed by atoms with Crippen LogP contribution in [-0.2, 0) is 4.79 Å². The first kappa shape index (κ1) is 16.7. The zero-order valence-electron chi connectivity index (χ0n) is 13.3. The number of hydrogen-bond acceptors (Lipinski definition) is 5. The number of carbonyl (C=O) groups is 1. The number of carbonyl (C=O) groups excluding carboxylic acids is 1. The van der Waals surface area contributed by atoms with E-state index in [1.807, 2.05) is 24.0 Å². The quantitative estimate of drug-likeness (QED) is 0.795. The monoisotopic (exact) mass is 306 g/mol. The van der Waals surface area contributed by atoms with E-state index in [1.165, 1.54) is 19.3 Å². The number of pyridine rings is 1. The molecule has 0 atom stereocenters. The molecule has 1 aromatic rings. The van der Waals surface area contributed by atoms with Crippen LogP contribution in [0.1, 0.15) is 26.2 Å². The van der Waals surface area contributed by atoms with Crippen LogP contribution in [0.2, 0.25) is 0 Å². The van der Waals surface area contributed by atoms with E-state index < -0.39 is 0 Å². The third kappa shape index (κ3) is 4.96. The van der Waals surface area contributed by atoms with E-state index in [0.29, 0.717) is 12.2 Å². The topological polar surface area (TPSA) is 68.7 Å². The van der Waals surface area contributed by atoms with Gasteiger partial charge in [0.25, 0.3) is 0 Å². The highest BCUT2D eigenvalue weighted by molar-refractivity contribution is 5.92. The molecule has 1 aliphatic rings. The minimum Gasteiger partial charge on any atom is -0.395 e. The maximum atomic E-state index is 12.0. The van der Waals surface area contributed by atoms with Gasteiger partial charge in [-0.15, -0.1) is 0 Å². The molecule has 0 aromatic carbocycles. The Kier molecular flexibility index (Phi) is 6.61. The predicted molar refractivity (Wildman–Crippen MR) is 88.1 cm³/mol. The van der Waals surface area contributed by atoms with Crippen molar-refractivity contribution in [3.63, 3.8) is 0 Å². The first-order chi connectivity index (χ1) is 10.7. The largest absolute Gasteiger partial charge is 0.395 e. The molecule has 1 aliphatic heterocycles. The lowest BCUT2D eigenvalue weighted by atomic mass is 10.1. The highest BCUT2D eigenvalue weighted by Crippen LogP contribution is 2.18. The zero-order chi connectivity index (χ0) is 15.8.